The van der Waals surface area contributed by atoms with E-state index in [4.69, 9.17) is 4.74 Å². The monoisotopic (exact) mass is 305 g/mol. The highest BCUT2D eigenvalue weighted by Gasteiger charge is 2.21. The Bertz CT molecular complexity index is 369. The van der Waals surface area contributed by atoms with E-state index in [9.17, 15) is 8.78 Å². The van der Waals surface area contributed by atoms with Gasteiger partial charge in [0, 0.05) is 30.5 Å². The molecule has 0 N–H and O–H groups in total. The van der Waals surface area contributed by atoms with Gasteiger partial charge in [-0.2, -0.15) is 0 Å². The summed E-state index contributed by atoms with van der Waals surface area (Å²) in [5.41, 5.74) is 0.141. The fraction of sp³-hybridized carbons (Fsp3) is 0.500. The molecule has 94 valence electrons. The van der Waals surface area contributed by atoms with Crippen LogP contribution in [0.15, 0.2) is 18.2 Å². The minimum atomic E-state index is -0.480. The van der Waals surface area contributed by atoms with Crippen LogP contribution >= 0.6 is 15.9 Å². The van der Waals surface area contributed by atoms with Crippen molar-refractivity contribution < 1.29 is 13.5 Å². The van der Waals surface area contributed by atoms with E-state index in [1.54, 1.807) is 0 Å². The van der Waals surface area contributed by atoms with Gasteiger partial charge in [-0.1, -0.05) is 22.0 Å². The summed E-state index contributed by atoms with van der Waals surface area (Å²) >= 11 is 3.35. The molecule has 1 atom stereocenters. The highest BCUT2D eigenvalue weighted by molar-refractivity contribution is 9.09. The Morgan fingerprint density at radius 3 is 2.71 bits per heavy atom. The number of hydrogen-bond donors (Lipinski definition) is 0. The van der Waals surface area contributed by atoms with Crippen LogP contribution in [0.3, 0.4) is 0 Å². The zero-order chi connectivity index (χ0) is 12.3. The molecule has 2 rings (SSSR count). The number of hydrogen-bond acceptors (Lipinski definition) is 2. The third kappa shape index (κ3) is 3.24. The SMILES string of the molecule is Fc1cccc(F)c1CN1CCOC(CBr)C1. The van der Waals surface area contributed by atoms with Gasteiger partial charge in [0.25, 0.3) is 0 Å². The molecule has 1 aromatic rings. The molecule has 0 amide bonds. The Hall–Kier alpha value is -0.520. The van der Waals surface area contributed by atoms with E-state index >= 15 is 0 Å². The van der Waals surface area contributed by atoms with Gasteiger partial charge in [0.05, 0.1) is 12.7 Å². The number of nitrogens with zero attached hydrogens (tertiary/aromatic N) is 1. The van der Waals surface area contributed by atoms with E-state index in [1.165, 1.54) is 18.2 Å². The van der Waals surface area contributed by atoms with Crippen molar-refractivity contribution in [3.63, 3.8) is 0 Å². The molecule has 0 bridgehead atoms. The second-order valence-electron chi connectivity index (χ2n) is 4.08. The highest BCUT2D eigenvalue weighted by atomic mass is 79.9. The summed E-state index contributed by atoms with van der Waals surface area (Å²) in [6, 6.07) is 3.97. The zero-order valence-corrected chi connectivity index (χ0v) is 10.9. The first-order chi connectivity index (χ1) is 8.20. The standard InChI is InChI=1S/C12H14BrF2NO/c13-6-9-7-16(4-5-17-9)8-10-11(14)2-1-3-12(10)15/h1-3,9H,4-8H2. The molecular formula is C12H14BrF2NO. The molecule has 1 heterocycles. The number of halogens is 3. The molecule has 2 nitrogen and oxygen atoms in total. The van der Waals surface area contributed by atoms with Crippen molar-refractivity contribution in [3.8, 4) is 0 Å². The fourth-order valence-electron chi connectivity index (χ4n) is 1.92. The third-order valence-corrected chi connectivity index (χ3v) is 3.56. The largest absolute Gasteiger partial charge is 0.375 e. The molecule has 1 fully saturated rings. The Labute approximate surface area is 108 Å². The summed E-state index contributed by atoms with van der Waals surface area (Å²) in [4.78, 5) is 2.01. The van der Waals surface area contributed by atoms with Gasteiger partial charge >= 0.3 is 0 Å². The Morgan fingerprint density at radius 2 is 2.06 bits per heavy atom. The molecule has 0 spiro atoms. The summed E-state index contributed by atoms with van der Waals surface area (Å²) in [5.74, 6) is -0.959. The number of rotatable bonds is 3. The van der Waals surface area contributed by atoms with E-state index < -0.39 is 11.6 Å². The van der Waals surface area contributed by atoms with Crippen molar-refractivity contribution in [3.05, 3.63) is 35.4 Å². The average Bonchev–Trinajstić information content (AvgIpc) is 2.34. The number of benzene rings is 1. The molecule has 0 aromatic heterocycles. The van der Waals surface area contributed by atoms with Crippen molar-refractivity contribution in [2.75, 3.05) is 25.0 Å². The number of ether oxygens (including phenoxy) is 1. The van der Waals surface area contributed by atoms with Crippen LogP contribution in [0, 0.1) is 11.6 Å². The molecular weight excluding hydrogens is 292 g/mol. The highest BCUT2D eigenvalue weighted by Crippen LogP contribution is 2.17. The van der Waals surface area contributed by atoms with Crippen LogP contribution < -0.4 is 0 Å². The minimum Gasteiger partial charge on any atom is -0.375 e. The van der Waals surface area contributed by atoms with E-state index in [2.05, 4.69) is 15.9 Å². The fourth-order valence-corrected chi connectivity index (χ4v) is 2.32. The minimum absolute atomic E-state index is 0.0959. The van der Waals surface area contributed by atoms with Gasteiger partial charge < -0.3 is 4.74 Å². The van der Waals surface area contributed by atoms with Gasteiger partial charge in [-0.3, -0.25) is 4.90 Å². The van der Waals surface area contributed by atoms with Crippen molar-refractivity contribution in [2.45, 2.75) is 12.6 Å². The van der Waals surface area contributed by atoms with Gasteiger partial charge in [0.2, 0.25) is 0 Å². The van der Waals surface area contributed by atoms with Crippen LogP contribution in [0.5, 0.6) is 0 Å². The molecule has 0 saturated carbocycles. The Morgan fingerprint density at radius 1 is 1.35 bits per heavy atom. The maximum absolute atomic E-state index is 13.5. The predicted octanol–water partition coefficient (Wildman–Crippen LogP) is 2.56. The molecule has 1 saturated heterocycles. The summed E-state index contributed by atoms with van der Waals surface area (Å²) in [6.45, 7) is 2.30. The van der Waals surface area contributed by atoms with Gasteiger partial charge in [-0.05, 0) is 12.1 Å². The summed E-state index contributed by atoms with van der Waals surface area (Å²) in [6.07, 6.45) is 0.0959. The lowest BCUT2D eigenvalue weighted by atomic mass is 10.1. The van der Waals surface area contributed by atoms with Crippen molar-refractivity contribution in [1.82, 2.24) is 4.90 Å². The van der Waals surface area contributed by atoms with Crippen LogP contribution in [-0.4, -0.2) is 36.0 Å². The molecule has 1 aliphatic rings. The lowest BCUT2D eigenvalue weighted by molar-refractivity contribution is -0.0187. The second-order valence-corrected chi connectivity index (χ2v) is 4.73. The lowest BCUT2D eigenvalue weighted by Crippen LogP contribution is -2.42. The van der Waals surface area contributed by atoms with Crippen LogP contribution in [0.25, 0.3) is 0 Å². The molecule has 5 heteroatoms. The topological polar surface area (TPSA) is 12.5 Å². The molecule has 1 unspecified atom stereocenters. The van der Waals surface area contributed by atoms with Crippen molar-refractivity contribution >= 4 is 15.9 Å². The normalized spacial score (nSPS) is 21.7. The van der Waals surface area contributed by atoms with Crippen LogP contribution in [0.1, 0.15) is 5.56 Å². The summed E-state index contributed by atoms with van der Waals surface area (Å²) in [7, 11) is 0. The van der Waals surface area contributed by atoms with Gasteiger partial charge in [-0.25, -0.2) is 8.78 Å². The quantitative estimate of drug-likeness (QED) is 0.796. The lowest BCUT2D eigenvalue weighted by Gasteiger charge is -2.32. The molecule has 0 aliphatic carbocycles. The summed E-state index contributed by atoms with van der Waals surface area (Å²) in [5, 5.41) is 0.739. The van der Waals surface area contributed by atoms with Gasteiger partial charge in [0.15, 0.2) is 0 Å². The van der Waals surface area contributed by atoms with Crippen LogP contribution in [0.2, 0.25) is 0 Å². The molecule has 17 heavy (non-hydrogen) atoms. The van der Waals surface area contributed by atoms with Gasteiger partial charge in [0.1, 0.15) is 11.6 Å². The van der Waals surface area contributed by atoms with E-state index in [-0.39, 0.29) is 11.7 Å². The summed E-state index contributed by atoms with van der Waals surface area (Å²) < 4.78 is 32.4. The van der Waals surface area contributed by atoms with E-state index in [0.717, 1.165) is 5.33 Å². The van der Waals surface area contributed by atoms with E-state index in [0.29, 0.717) is 26.2 Å². The number of alkyl halides is 1. The number of morpholine rings is 1. The molecule has 1 aliphatic heterocycles. The second kappa shape index (κ2) is 5.89. The van der Waals surface area contributed by atoms with Gasteiger partial charge in [-0.15, -0.1) is 0 Å². The first-order valence-corrected chi connectivity index (χ1v) is 6.65. The Kier molecular flexibility index (Phi) is 4.48. The van der Waals surface area contributed by atoms with Crippen LogP contribution in [0.4, 0.5) is 8.78 Å². The maximum Gasteiger partial charge on any atom is 0.130 e. The van der Waals surface area contributed by atoms with Crippen molar-refractivity contribution in [1.29, 1.82) is 0 Å². The molecule has 0 radical (unpaired) electrons. The first-order valence-electron chi connectivity index (χ1n) is 5.53. The Balaban J connectivity index is 2.05. The van der Waals surface area contributed by atoms with Crippen molar-refractivity contribution in [2.24, 2.45) is 0 Å². The maximum atomic E-state index is 13.5. The average molecular weight is 306 g/mol. The van der Waals surface area contributed by atoms with E-state index in [1.807, 2.05) is 4.90 Å². The van der Waals surface area contributed by atoms with Crippen LogP contribution in [-0.2, 0) is 11.3 Å². The smallest absolute Gasteiger partial charge is 0.130 e. The first kappa shape index (κ1) is 12.9. The zero-order valence-electron chi connectivity index (χ0n) is 9.33. The predicted molar refractivity (Wildman–Crippen MR) is 65.2 cm³/mol. The third-order valence-electron chi connectivity index (χ3n) is 2.84. The molecule has 1 aromatic carbocycles.